The lowest BCUT2D eigenvalue weighted by Gasteiger charge is -2.42. The maximum Gasteiger partial charge on any atom is 0.247 e. The SMILES string of the molecule is COc1cccc(-c2ccc3c(c2)OCCC2(CCN(C)CC2)NC(=O)[C@@H]2C[C@@H](O)CN2S3(=O)=O)c1. The Morgan fingerprint density at radius 3 is 2.61 bits per heavy atom. The number of likely N-dealkylation sites (tertiary alicyclic amines) is 1. The number of nitrogens with zero attached hydrogens (tertiary/aromatic N) is 2. The van der Waals surface area contributed by atoms with Gasteiger partial charge in [-0.25, -0.2) is 8.42 Å². The van der Waals surface area contributed by atoms with E-state index in [4.69, 9.17) is 9.47 Å². The van der Waals surface area contributed by atoms with E-state index < -0.39 is 27.7 Å². The number of methoxy groups -OCH3 is 1. The molecule has 0 radical (unpaired) electrons. The molecule has 3 aliphatic heterocycles. The zero-order valence-electron chi connectivity index (χ0n) is 20.6. The summed E-state index contributed by atoms with van der Waals surface area (Å²) >= 11 is 0. The predicted octanol–water partition coefficient (Wildman–Crippen LogP) is 1.85. The highest BCUT2D eigenvalue weighted by molar-refractivity contribution is 7.89. The number of piperidine rings is 1. The highest BCUT2D eigenvalue weighted by Gasteiger charge is 2.47. The van der Waals surface area contributed by atoms with Crippen molar-refractivity contribution in [1.82, 2.24) is 14.5 Å². The monoisotopic (exact) mass is 515 g/mol. The number of carbonyl (C=O) groups is 1. The number of benzene rings is 2. The number of rotatable bonds is 2. The molecule has 2 aromatic carbocycles. The molecule has 0 aromatic heterocycles. The number of amides is 1. The topological polar surface area (TPSA) is 108 Å². The summed E-state index contributed by atoms with van der Waals surface area (Å²) in [6, 6.07) is 11.6. The van der Waals surface area contributed by atoms with E-state index in [0.717, 1.165) is 41.4 Å². The third-order valence-electron chi connectivity index (χ3n) is 7.64. The van der Waals surface area contributed by atoms with E-state index in [1.54, 1.807) is 19.2 Å². The second-order valence-corrected chi connectivity index (χ2v) is 11.9. The molecule has 2 atom stereocenters. The van der Waals surface area contributed by atoms with Gasteiger partial charge in [0.15, 0.2) is 0 Å². The second-order valence-electron chi connectivity index (χ2n) is 10.0. The minimum Gasteiger partial charge on any atom is -0.497 e. The number of fused-ring (bicyclic) bond motifs is 2. The number of ether oxygens (including phenoxy) is 2. The van der Waals surface area contributed by atoms with Gasteiger partial charge in [-0.2, -0.15) is 4.31 Å². The summed E-state index contributed by atoms with van der Waals surface area (Å²) in [5.74, 6) is 0.587. The molecule has 36 heavy (non-hydrogen) atoms. The molecule has 3 heterocycles. The van der Waals surface area contributed by atoms with E-state index in [1.165, 1.54) is 6.07 Å². The van der Waals surface area contributed by atoms with Crippen molar-refractivity contribution in [3.8, 4) is 22.6 Å². The van der Waals surface area contributed by atoms with Crippen LogP contribution in [0.2, 0.25) is 0 Å². The molecule has 2 saturated heterocycles. The van der Waals surface area contributed by atoms with Crippen molar-refractivity contribution in [1.29, 1.82) is 0 Å². The minimum absolute atomic E-state index is 0.000346. The van der Waals surface area contributed by atoms with Crippen LogP contribution in [0.15, 0.2) is 47.4 Å². The van der Waals surface area contributed by atoms with Crippen LogP contribution in [-0.2, 0) is 14.8 Å². The average molecular weight is 516 g/mol. The fourth-order valence-electron chi connectivity index (χ4n) is 5.42. The fourth-order valence-corrected chi connectivity index (χ4v) is 7.17. The first kappa shape index (κ1) is 25.0. The van der Waals surface area contributed by atoms with Crippen LogP contribution in [0.25, 0.3) is 11.1 Å². The van der Waals surface area contributed by atoms with Crippen molar-refractivity contribution in [3.05, 3.63) is 42.5 Å². The number of aliphatic hydroxyl groups excluding tert-OH is 1. The second kappa shape index (κ2) is 9.66. The Kier molecular flexibility index (Phi) is 6.71. The van der Waals surface area contributed by atoms with Gasteiger partial charge >= 0.3 is 0 Å². The molecule has 5 rings (SSSR count). The molecule has 2 fully saturated rings. The first-order chi connectivity index (χ1) is 17.2. The van der Waals surface area contributed by atoms with Crippen LogP contribution >= 0.6 is 0 Å². The largest absolute Gasteiger partial charge is 0.497 e. The van der Waals surface area contributed by atoms with Crippen molar-refractivity contribution < 1.29 is 27.8 Å². The Morgan fingerprint density at radius 1 is 1.11 bits per heavy atom. The van der Waals surface area contributed by atoms with Crippen LogP contribution in [0.4, 0.5) is 0 Å². The smallest absolute Gasteiger partial charge is 0.247 e. The molecule has 10 heteroatoms. The Hall–Kier alpha value is -2.66. The van der Waals surface area contributed by atoms with Crippen LogP contribution in [0.3, 0.4) is 0 Å². The Morgan fingerprint density at radius 2 is 1.86 bits per heavy atom. The maximum atomic E-state index is 13.8. The summed E-state index contributed by atoms with van der Waals surface area (Å²) in [5, 5.41) is 13.6. The molecule has 194 valence electrons. The highest BCUT2D eigenvalue weighted by atomic mass is 32.2. The van der Waals surface area contributed by atoms with Gasteiger partial charge in [0.1, 0.15) is 22.4 Å². The van der Waals surface area contributed by atoms with Gasteiger partial charge in [0.25, 0.3) is 0 Å². The molecule has 1 amide bonds. The number of sulfonamides is 1. The van der Waals surface area contributed by atoms with Crippen molar-refractivity contribution in [2.75, 3.05) is 40.4 Å². The number of carbonyl (C=O) groups excluding carboxylic acids is 1. The Balaban J connectivity index is 1.58. The highest BCUT2D eigenvalue weighted by Crippen LogP contribution is 2.37. The molecular formula is C26H33N3O6S. The van der Waals surface area contributed by atoms with Gasteiger partial charge in [-0.05, 0) is 55.3 Å². The first-order valence-corrected chi connectivity index (χ1v) is 13.8. The summed E-state index contributed by atoms with van der Waals surface area (Å²) in [7, 11) is -0.462. The molecule has 1 spiro atoms. The Bertz CT molecular complexity index is 1240. The molecule has 0 aliphatic carbocycles. The normalized spacial score (nSPS) is 26.2. The number of nitrogens with one attached hydrogen (secondary N) is 1. The maximum absolute atomic E-state index is 13.8. The summed E-state index contributed by atoms with van der Waals surface area (Å²) in [5.41, 5.74) is 1.17. The molecule has 3 aliphatic rings. The summed E-state index contributed by atoms with van der Waals surface area (Å²) in [4.78, 5) is 15.6. The van der Waals surface area contributed by atoms with Gasteiger partial charge in [-0.3, -0.25) is 4.79 Å². The van der Waals surface area contributed by atoms with Gasteiger partial charge in [0.2, 0.25) is 15.9 Å². The lowest BCUT2D eigenvalue weighted by Crippen LogP contribution is -2.58. The van der Waals surface area contributed by atoms with Crippen molar-refractivity contribution in [2.45, 2.75) is 48.3 Å². The quantitative estimate of drug-likeness (QED) is 0.628. The van der Waals surface area contributed by atoms with Crippen LogP contribution in [-0.4, -0.2) is 86.7 Å². The van der Waals surface area contributed by atoms with Crippen molar-refractivity contribution in [3.63, 3.8) is 0 Å². The van der Waals surface area contributed by atoms with E-state index in [9.17, 15) is 18.3 Å². The van der Waals surface area contributed by atoms with Gasteiger partial charge in [0.05, 0.1) is 19.8 Å². The third kappa shape index (κ3) is 4.70. The van der Waals surface area contributed by atoms with Gasteiger partial charge in [0, 0.05) is 38.0 Å². The van der Waals surface area contributed by atoms with Gasteiger partial charge in [-0.15, -0.1) is 0 Å². The lowest BCUT2D eigenvalue weighted by molar-refractivity contribution is -0.127. The summed E-state index contributed by atoms with van der Waals surface area (Å²) in [6.45, 7) is 1.78. The molecular weight excluding hydrogens is 482 g/mol. The van der Waals surface area contributed by atoms with Crippen molar-refractivity contribution >= 4 is 15.9 Å². The van der Waals surface area contributed by atoms with Crippen LogP contribution < -0.4 is 14.8 Å². The van der Waals surface area contributed by atoms with Gasteiger partial charge < -0.3 is 24.8 Å². The summed E-state index contributed by atoms with van der Waals surface area (Å²) in [6.07, 6.45) is 1.21. The van der Waals surface area contributed by atoms with Crippen LogP contribution in [0, 0.1) is 0 Å². The van der Waals surface area contributed by atoms with E-state index in [2.05, 4.69) is 10.2 Å². The molecule has 2 aromatic rings. The van der Waals surface area contributed by atoms with Gasteiger partial charge in [-0.1, -0.05) is 18.2 Å². The number of hydrogen-bond acceptors (Lipinski definition) is 7. The molecule has 0 unspecified atom stereocenters. The van der Waals surface area contributed by atoms with Crippen LogP contribution in [0.1, 0.15) is 25.7 Å². The van der Waals surface area contributed by atoms with E-state index in [-0.39, 0.29) is 36.1 Å². The van der Waals surface area contributed by atoms with E-state index in [1.807, 2.05) is 31.3 Å². The van der Waals surface area contributed by atoms with E-state index >= 15 is 0 Å². The number of hydrogen-bond donors (Lipinski definition) is 2. The lowest BCUT2D eigenvalue weighted by atomic mass is 9.84. The fraction of sp³-hybridized carbons (Fsp3) is 0.500. The predicted molar refractivity (Wildman–Crippen MR) is 134 cm³/mol. The summed E-state index contributed by atoms with van der Waals surface area (Å²) < 4.78 is 40.3. The zero-order chi connectivity index (χ0) is 25.5. The molecule has 2 N–H and O–H groups in total. The van der Waals surface area contributed by atoms with Crippen LogP contribution in [0.5, 0.6) is 11.5 Å². The number of aliphatic hydroxyl groups is 1. The first-order valence-electron chi connectivity index (χ1n) is 12.3. The molecule has 0 saturated carbocycles. The molecule has 0 bridgehead atoms. The zero-order valence-corrected chi connectivity index (χ0v) is 21.5. The standard InChI is InChI=1S/C26H33N3O6S/c1-28-11-8-26(9-12-28)10-13-35-23-15-19(18-4-3-5-21(14-18)34-2)6-7-24(23)36(32,33)29-17-20(30)16-22(29)25(31)27-26/h3-7,14-15,20,22,30H,8-13,16-17H2,1-2H3,(H,27,31)/t20-,22+/m1/s1. The minimum atomic E-state index is -4.11. The van der Waals surface area contributed by atoms with E-state index in [0.29, 0.717) is 12.2 Å². The third-order valence-corrected chi connectivity index (χ3v) is 9.55. The van der Waals surface area contributed by atoms with Crippen molar-refractivity contribution in [2.24, 2.45) is 0 Å². The Labute approximate surface area is 212 Å². The molecule has 9 nitrogen and oxygen atoms in total. The average Bonchev–Trinajstić information content (AvgIpc) is 3.28.